The fourth-order valence-electron chi connectivity index (χ4n) is 3.67. The standard InChI is InChI=1S/C20H24N4O3S3/c1-2-30(26,27)23-8-4-6-16(13-23)20(25)24-9-10-28-18(24)11-17-14-29-19(22-17)15-5-3-7-21-12-15/h3,5,7,11-12,14,16H,2,4,6,8-10,13H2,1H3/b18-11+/t16-/m0/s1. The third kappa shape index (κ3) is 4.61. The molecule has 0 spiro atoms. The van der Waals surface area contributed by atoms with Gasteiger partial charge in [0.1, 0.15) is 5.01 Å². The molecule has 2 aliphatic rings. The number of aromatic nitrogens is 2. The molecular weight excluding hydrogens is 440 g/mol. The molecular formula is C20H24N4O3S3. The Labute approximate surface area is 185 Å². The summed E-state index contributed by atoms with van der Waals surface area (Å²) in [4.78, 5) is 23.8. The fraction of sp³-hybridized carbons (Fsp3) is 0.450. The van der Waals surface area contributed by atoms with E-state index in [0.717, 1.165) is 39.9 Å². The largest absolute Gasteiger partial charge is 0.306 e. The van der Waals surface area contributed by atoms with Gasteiger partial charge in [-0.15, -0.1) is 23.1 Å². The highest BCUT2D eigenvalue weighted by Gasteiger charge is 2.36. The van der Waals surface area contributed by atoms with Crippen molar-refractivity contribution in [2.24, 2.45) is 5.92 Å². The average Bonchev–Trinajstić information content (AvgIpc) is 3.44. The first kappa shape index (κ1) is 21.5. The second-order valence-corrected chi connectivity index (χ2v) is 11.5. The maximum absolute atomic E-state index is 13.2. The maximum Gasteiger partial charge on any atom is 0.231 e. The zero-order chi connectivity index (χ0) is 21.1. The molecule has 4 heterocycles. The molecule has 2 aromatic rings. The molecule has 4 rings (SSSR count). The summed E-state index contributed by atoms with van der Waals surface area (Å²) in [5.74, 6) is 0.635. The molecule has 2 aliphatic heterocycles. The van der Waals surface area contributed by atoms with Crippen LogP contribution in [0.15, 0.2) is 34.9 Å². The van der Waals surface area contributed by atoms with E-state index >= 15 is 0 Å². The predicted molar refractivity (Wildman–Crippen MR) is 121 cm³/mol. The number of sulfonamides is 1. The van der Waals surface area contributed by atoms with Crippen molar-refractivity contribution in [3.63, 3.8) is 0 Å². The summed E-state index contributed by atoms with van der Waals surface area (Å²) < 4.78 is 26.0. The van der Waals surface area contributed by atoms with Gasteiger partial charge in [-0.1, -0.05) is 0 Å². The van der Waals surface area contributed by atoms with Crippen molar-refractivity contribution < 1.29 is 13.2 Å². The highest BCUT2D eigenvalue weighted by Crippen LogP contribution is 2.34. The monoisotopic (exact) mass is 464 g/mol. The van der Waals surface area contributed by atoms with E-state index in [0.29, 0.717) is 13.1 Å². The summed E-state index contributed by atoms with van der Waals surface area (Å²) in [5, 5.41) is 3.76. The first-order chi connectivity index (χ1) is 14.5. The Kier molecular flexibility index (Phi) is 6.57. The van der Waals surface area contributed by atoms with E-state index in [1.165, 1.54) is 4.31 Å². The van der Waals surface area contributed by atoms with Crippen molar-refractivity contribution in [2.45, 2.75) is 19.8 Å². The Bertz CT molecular complexity index is 1040. The minimum Gasteiger partial charge on any atom is -0.306 e. The smallest absolute Gasteiger partial charge is 0.231 e. The van der Waals surface area contributed by atoms with E-state index < -0.39 is 10.0 Å². The number of pyridine rings is 1. The van der Waals surface area contributed by atoms with Gasteiger partial charge in [0.15, 0.2) is 0 Å². The first-order valence-electron chi connectivity index (χ1n) is 9.97. The number of hydrogen-bond acceptors (Lipinski definition) is 7. The Morgan fingerprint density at radius 3 is 3.00 bits per heavy atom. The van der Waals surface area contributed by atoms with Crippen LogP contribution >= 0.6 is 23.1 Å². The number of carbonyl (C=O) groups excluding carboxylic acids is 1. The van der Waals surface area contributed by atoms with Crippen molar-refractivity contribution in [3.05, 3.63) is 40.6 Å². The molecule has 0 unspecified atom stereocenters. The molecule has 0 aliphatic carbocycles. The first-order valence-corrected chi connectivity index (χ1v) is 13.4. The fourth-order valence-corrected chi connectivity index (χ4v) is 6.64. The maximum atomic E-state index is 13.2. The molecule has 2 saturated heterocycles. The summed E-state index contributed by atoms with van der Waals surface area (Å²) in [6.07, 6.45) is 6.92. The van der Waals surface area contributed by atoms with E-state index in [4.69, 9.17) is 0 Å². The van der Waals surface area contributed by atoms with E-state index in [9.17, 15) is 13.2 Å². The summed E-state index contributed by atoms with van der Waals surface area (Å²) in [6.45, 7) is 3.08. The lowest BCUT2D eigenvalue weighted by molar-refractivity contribution is -0.133. The lowest BCUT2D eigenvalue weighted by Crippen LogP contribution is -2.46. The molecule has 2 fully saturated rings. The van der Waals surface area contributed by atoms with Crippen LogP contribution in [0, 0.1) is 5.92 Å². The van der Waals surface area contributed by atoms with Gasteiger partial charge in [0, 0.05) is 48.7 Å². The minimum atomic E-state index is -3.27. The highest BCUT2D eigenvalue weighted by atomic mass is 32.2. The van der Waals surface area contributed by atoms with Gasteiger partial charge in [-0.25, -0.2) is 17.7 Å². The van der Waals surface area contributed by atoms with Crippen molar-refractivity contribution in [1.82, 2.24) is 19.2 Å². The lowest BCUT2D eigenvalue weighted by atomic mass is 9.98. The second kappa shape index (κ2) is 9.17. The van der Waals surface area contributed by atoms with Gasteiger partial charge >= 0.3 is 0 Å². The number of thiazole rings is 1. The Morgan fingerprint density at radius 2 is 2.23 bits per heavy atom. The summed E-state index contributed by atoms with van der Waals surface area (Å²) in [7, 11) is -3.27. The van der Waals surface area contributed by atoms with Crippen LogP contribution in [0.1, 0.15) is 25.5 Å². The van der Waals surface area contributed by atoms with Crippen LogP contribution in [0.4, 0.5) is 0 Å². The van der Waals surface area contributed by atoms with Crippen LogP contribution in [-0.4, -0.2) is 64.6 Å². The van der Waals surface area contributed by atoms with Gasteiger partial charge in [0.25, 0.3) is 0 Å². The summed E-state index contributed by atoms with van der Waals surface area (Å²) >= 11 is 3.19. The van der Waals surface area contributed by atoms with Crippen molar-refractivity contribution in [2.75, 3.05) is 31.1 Å². The Morgan fingerprint density at radius 1 is 1.37 bits per heavy atom. The van der Waals surface area contributed by atoms with Gasteiger partial charge in [-0.3, -0.25) is 9.78 Å². The molecule has 0 aromatic carbocycles. The van der Waals surface area contributed by atoms with Gasteiger partial charge in [-0.05, 0) is 38.0 Å². The lowest BCUT2D eigenvalue weighted by Gasteiger charge is -2.33. The molecule has 10 heteroatoms. The van der Waals surface area contributed by atoms with Crippen LogP contribution in [0.5, 0.6) is 0 Å². The zero-order valence-corrected chi connectivity index (χ0v) is 19.2. The van der Waals surface area contributed by atoms with Crippen LogP contribution in [-0.2, 0) is 14.8 Å². The molecule has 1 atom stereocenters. The molecule has 1 amide bonds. The number of thioether (sulfide) groups is 1. The molecule has 2 aromatic heterocycles. The van der Waals surface area contributed by atoms with Gasteiger partial charge in [0.2, 0.25) is 15.9 Å². The normalized spacial score (nSPS) is 22.0. The van der Waals surface area contributed by atoms with E-state index in [-0.39, 0.29) is 24.1 Å². The van der Waals surface area contributed by atoms with Crippen LogP contribution in [0.3, 0.4) is 0 Å². The summed E-state index contributed by atoms with van der Waals surface area (Å²) in [6, 6.07) is 3.86. The van der Waals surface area contributed by atoms with E-state index in [1.54, 1.807) is 47.3 Å². The minimum absolute atomic E-state index is 0.0185. The van der Waals surface area contributed by atoms with Crippen LogP contribution in [0.2, 0.25) is 0 Å². The molecule has 0 N–H and O–H groups in total. The number of carbonyl (C=O) groups is 1. The number of hydrogen-bond donors (Lipinski definition) is 0. The van der Waals surface area contributed by atoms with E-state index in [2.05, 4.69) is 9.97 Å². The SMILES string of the molecule is CCS(=O)(=O)N1CCC[C@H](C(=O)N2CCS/C2=C/c2csc(-c3cccnc3)n2)C1. The topological polar surface area (TPSA) is 83.5 Å². The average molecular weight is 465 g/mol. The third-order valence-electron chi connectivity index (χ3n) is 5.29. The van der Waals surface area contributed by atoms with Gasteiger partial charge in [0.05, 0.1) is 22.4 Å². The molecule has 160 valence electrons. The van der Waals surface area contributed by atoms with Crippen molar-refractivity contribution in [3.8, 4) is 10.6 Å². The Balaban J connectivity index is 1.49. The van der Waals surface area contributed by atoms with Gasteiger partial charge < -0.3 is 4.90 Å². The second-order valence-electron chi connectivity index (χ2n) is 7.24. The third-order valence-corrected chi connectivity index (χ3v) is 9.07. The number of amides is 1. The van der Waals surface area contributed by atoms with Crippen molar-refractivity contribution in [1.29, 1.82) is 0 Å². The zero-order valence-electron chi connectivity index (χ0n) is 16.7. The van der Waals surface area contributed by atoms with Crippen LogP contribution < -0.4 is 0 Å². The molecule has 0 saturated carbocycles. The van der Waals surface area contributed by atoms with Crippen LogP contribution in [0.25, 0.3) is 16.6 Å². The van der Waals surface area contributed by atoms with E-state index in [1.807, 2.05) is 23.6 Å². The number of piperidine rings is 1. The van der Waals surface area contributed by atoms with Gasteiger partial charge in [-0.2, -0.15) is 0 Å². The quantitative estimate of drug-likeness (QED) is 0.676. The molecule has 30 heavy (non-hydrogen) atoms. The summed E-state index contributed by atoms with van der Waals surface area (Å²) in [5.41, 5.74) is 1.79. The highest BCUT2D eigenvalue weighted by molar-refractivity contribution is 8.03. The molecule has 0 bridgehead atoms. The Hall–Kier alpha value is -1.75. The molecule has 7 nitrogen and oxygen atoms in total. The number of rotatable bonds is 5. The number of nitrogens with zero attached hydrogens (tertiary/aromatic N) is 4. The predicted octanol–water partition coefficient (Wildman–Crippen LogP) is 3.14. The van der Waals surface area contributed by atoms with Crippen molar-refractivity contribution >= 4 is 45.1 Å². The molecule has 0 radical (unpaired) electrons.